The van der Waals surface area contributed by atoms with Gasteiger partial charge in [-0.2, -0.15) is 0 Å². The molecule has 0 unspecified atom stereocenters. The van der Waals surface area contributed by atoms with Gasteiger partial charge in [-0.05, 0) is 30.9 Å². The summed E-state index contributed by atoms with van der Waals surface area (Å²) in [4.78, 5) is 10.2. The number of alkyl halides is 1. The van der Waals surface area contributed by atoms with Crippen LogP contribution in [0.15, 0.2) is 6.07 Å². The lowest BCUT2D eigenvalue weighted by Gasteiger charge is -2.17. The van der Waals surface area contributed by atoms with Gasteiger partial charge in [0.1, 0.15) is 17.8 Å². The van der Waals surface area contributed by atoms with E-state index in [1.807, 2.05) is 11.0 Å². The zero-order valence-corrected chi connectivity index (χ0v) is 10.1. The quantitative estimate of drug-likeness (QED) is 0.843. The van der Waals surface area contributed by atoms with E-state index in [0.717, 1.165) is 5.82 Å². The highest BCUT2D eigenvalue weighted by Crippen LogP contribution is 2.27. The third kappa shape index (κ3) is 2.60. The Morgan fingerprint density at radius 2 is 2.18 bits per heavy atom. The van der Waals surface area contributed by atoms with Crippen LogP contribution < -0.4 is 10.2 Å². The number of nitrogens with zero attached hydrogens (tertiary/aromatic N) is 3. The maximum atomic E-state index is 13.1. The third-order valence-electron chi connectivity index (χ3n) is 3.07. The zero-order chi connectivity index (χ0) is 11.8. The van der Waals surface area contributed by atoms with E-state index in [0.29, 0.717) is 31.4 Å². The smallest absolute Gasteiger partial charge is 0.226 e. The van der Waals surface area contributed by atoms with Crippen LogP contribution in [0.4, 0.5) is 16.0 Å². The molecule has 2 heterocycles. The van der Waals surface area contributed by atoms with Gasteiger partial charge in [0, 0.05) is 18.7 Å². The first-order valence-corrected chi connectivity index (χ1v) is 6.28. The van der Waals surface area contributed by atoms with Crippen LogP contribution in [0, 0.1) is 0 Å². The van der Waals surface area contributed by atoms with Crippen LogP contribution in [0.25, 0.3) is 0 Å². The van der Waals surface area contributed by atoms with Gasteiger partial charge in [-0.1, -0.05) is 0 Å². The maximum Gasteiger partial charge on any atom is 0.226 e. The molecule has 1 aliphatic carbocycles. The lowest BCUT2D eigenvalue weighted by molar-refractivity contribution is 0.364. The molecule has 6 heteroatoms. The molecule has 1 saturated carbocycles. The molecule has 1 N–H and O–H groups in total. The number of anilines is 2. The normalized spacial score (nSPS) is 24.1. The minimum Gasteiger partial charge on any atom is -0.367 e. The molecule has 1 atom stereocenters. The molecule has 3 rings (SSSR count). The largest absolute Gasteiger partial charge is 0.367 e. The van der Waals surface area contributed by atoms with Crippen molar-refractivity contribution < 1.29 is 4.39 Å². The van der Waals surface area contributed by atoms with Crippen molar-refractivity contribution in [2.24, 2.45) is 0 Å². The number of halogens is 2. The second kappa shape index (κ2) is 4.29. The number of nitrogens with one attached hydrogen (secondary N) is 1. The molecule has 0 amide bonds. The van der Waals surface area contributed by atoms with E-state index < -0.39 is 6.17 Å². The lowest BCUT2D eigenvalue weighted by atomic mass is 10.3. The fourth-order valence-electron chi connectivity index (χ4n) is 2.00. The Hall–Kier alpha value is -1.10. The molecule has 1 saturated heterocycles. The second-order valence-electron chi connectivity index (χ2n) is 4.63. The van der Waals surface area contributed by atoms with E-state index >= 15 is 0 Å². The molecule has 92 valence electrons. The molecule has 2 aliphatic rings. The van der Waals surface area contributed by atoms with Crippen molar-refractivity contribution in [3.63, 3.8) is 0 Å². The van der Waals surface area contributed by atoms with Gasteiger partial charge in [0.15, 0.2) is 0 Å². The Bertz CT molecular complexity index is 424. The fourth-order valence-corrected chi connectivity index (χ4v) is 2.18. The van der Waals surface area contributed by atoms with Gasteiger partial charge in [0.05, 0.1) is 6.54 Å². The summed E-state index contributed by atoms with van der Waals surface area (Å²) in [7, 11) is 0. The van der Waals surface area contributed by atoms with Crippen LogP contribution in [0.1, 0.15) is 19.3 Å². The topological polar surface area (TPSA) is 41.0 Å². The standard InChI is InChI=1S/C11H14ClFN4/c12-11-15-9(14-8-1-2-8)5-10(16-11)17-4-3-7(13)6-17/h5,7-8H,1-4,6H2,(H,14,15,16)/t7-/m0/s1. The highest BCUT2D eigenvalue weighted by atomic mass is 35.5. The van der Waals surface area contributed by atoms with Crippen molar-refractivity contribution in [3.05, 3.63) is 11.3 Å². The zero-order valence-electron chi connectivity index (χ0n) is 9.37. The van der Waals surface area contributed by atoms with Crippen molar-refractivity contribution >= 4 is 23.2 Å². The molecule has 0 radical (unpaired) electrons. The molecule has 1 aromatic rings. The predicted octanol–water partition coefficient (Wildman–Crippen LogP) is 2.25. The van der Waals surface area contributed by atoms with Crippen molar-refractivity contribution in [3.8, 4) is 0 Å². The molecule has 1 aromatic heterocycles. The summed E-state index contributed by atoms with van der Waals surface area (Å²) >= 11 is 5.89. The second-order valence-corrected chi connectivity index (χ2v) is 4.97. The average Bonchev–Trinajstić information content (AvgIpc) is 2.97. The molecule has 17 heavy (non-hydrogen) atoms. The van der Waals surface area contributed by atoms with Crippen LogP contribution in [0.2, 0.25) is 5.28 Å². The summed E-state index contributed by atoms with van der Waals surface area (Å²) in [5.41, 5.74) is 0. The monoisotopic (exact) mass is 256 g/mol. The summed E-state index contributed by atoms with van der Waals surface area (Å²) in [6.07, 6.45) is 2.15. The predicted molar refractivity (Wildman–Crippen MR) is 65.4 cm³/mol. The molecule has 0 spiro atoms. The first-order chi connectivity index (χ1) is 8.20. The minimum absolute atomic E-state index is 0.216. The Kier molecular flexibility index (Phi) is 2.78. The number of hydrogen-bond donors (Lipinski definition) is 1. The van der Waals surface area contributed by atoms with E-state index in [1.54, 1.807) is 0 Å². The number of hydrogen-bond acceptors (Lipinski definition) is 4. The van der Waals surface area contributed by atoms with Crippen molar-refractivity contribution in [2.45, 2.75) is 31.5 Å². The van der Waals surface area contributed by atoms with Gasteiger partial charge >= 0.3 is 0 Å². The summed E-state index contributed by atoms with van der Waals surface area (Å²) in [5, 5.41) is 3.49. The Balaban J connectivity index is 1.80. The van der Waals surface area contributed by atoms with Gasteiger partial charge in [0.2, 0.25) is 5.28 Å². The summed E-state index contributed by atoms with van der Waals surface area (Å²) < 4.78 is 13.1. The fraction of sp³-hybridized carbons (Fsp3) is 0.636. The van der Waals surface area contributed by atoms with E-state index in [2.05, 4.69) is 15.3 Å². The van der Waals surface area contributed by atoms with Crippen LogP contribution in [-0.4, -0.2) is 35.3 Å². The van der Waals surface area contributed by atoms with E-state index in [4.69, 9.17) is 11.6 Å². The summed E-state index contributed by atoms with van der Waals surface area (Å²) in [5.74, 6) is 1.46. The van der Waals surface area contributed by atoms with Gasteiger partial charge in [-0.25, -0.2) is 14.4 Å². The minimum atomic E-state index is -0.761. The van der Waals surface area contributed by atoms with E-state index in [1.165, 1.54) is 12.8 Å². The molecule has 0 bridgehead atoms. The third-order valence-corrected chi connectivity index (χ3v) is 3.24. The highest BCUT2D eigenvalue weighted by Gasteiger charge is 2.25. The Morgan fingerprint density at radius 3 is 2.82 bits per heavy atom. The van der Waals surface area contributed by atoms with E-state index in [9.17, 15) is 4.39 Å². The van der Waals surface area contributed by atoms with Crippen molar-refractivity contribution in [2.75, 3.05) is 23.3 Å². The van der Waals surface area contributed by atoms with E-state index in [-0.39, 0.29) is 5.28 Å². The molecule has 1 aliphatic heterocycles. The van der Waals surface area contributed by atoms with Crippen LogP contribution >= 0.6 is 11.6 Å². The number of aromatic nitrogens is 2. The van der Waals surface area contributed by atoms with Crippen molar-refractivity contribution in [1.29, 1.82) is 0 Å². The molecule has 4 nitrogen and oxygen atoms in total. The Labute approximate surface area is 104 Å². The highest BCUT2D eigenvalue weighted by molar-refractivity contribution is 6.28. The summed E-state index contributed by atoms with van der Waals surface area (Å²) in [6.45, 7) is 1.09. The van der Waals surface area contributed by atoms with Gasteiger partial charge < -0.3 is 10.2 Å². The summed E-state index contributed by atoms with van der Waals surface area (Å²) in [6, 6.07) is 2.36. The first kappa shape index (κ1) is 11.0. The molecular weight excluding hydrogens is 243 g/mol. The Morgan fingerprint density at radius 1 is 1.35 bits per heavy atom. The average molecular weight is 257 g/mol. The van der Waals surface area contributed by atoms with Crippen molar-refractivity contribution in [1.82, 2.24) is 9.97 Å². The first-order valence-electron chi connectivity index (χ1n) is 5.91. The van der Waals surface area contributed by atoms with Crippen LogP contribution in [0.5, 0.6) is 0 Å². The maximum absolute atomic E-state index is 13.1. The van der Waals surface area contributed by atoms with Gasteiger partial charge in [-0.3, -0.25) is 0 Å². The molecule has 2 fully saturated rings. The lowest BCUT2D eigenvalue weighted by Crippen LogP contribution is -2.21. The molecular formula is C11H14ClFN4. The van der Waals surface area contributed by atoms with Gasteiger partial charge in [-0.15, -0.1) is 0 Å². The number of rotatable bonds is 3. The van der Waals surface area contributed by atoms with Crippen LogP contribution in [-0.2, 0) is 0 Å². The molecule has 0 aromatic carbocycles. The van der Waals surface area contributed by atoms with Crippen LogP contribution in [0.3, 0.4) is 0 Å². The SMILES string of the molecule is F[C@H]1CCN(c2cc(NC3CC3)nc(Cl)n2)C1. The van der Waals surface area contributed by atoms with Gasteiger partial charge in [0.25, 0.3) is 0 Å².